The summed E-state index contributed by atoms with van der Waals surface area (Å²) in [4.78, 5) is 4.26. The highest BCUT2D eigenvalue weighted by molar-refractivity contribution is 5.58. The van der Waals surface area contributed by atoms with Gasteiger partial charge in [0.25, 0.3) is 6.04 Å². The largest absolute Gasteiger partial charge is 0.356 e. The summed E-state index contributed by atoms with van der Waals surface area (Å²) in [6.45, 7) is 0.652. The number of rotatable bonds is 0. The third kappa shape index (κ3) is 0.907. The van der Waals surface area contributed by atoms with Crippen molar-refractivity contribution in [2.24, 2.45) is 0 Å². The van der Waals surface area contributed by atoms with E-state index in [0.717, 1.165) is 0 Å². The van der Waals surface area contributed by atoms with Gasteiger partial charge in [-0.25, -0.2) is 0 Å². The SMILES string of the molecule is C1=CC2[N+]=CCOC2C=C1. The highest BCUT2D eigenvalue weighted by atomic mass is 16.5. The molecule has 10 heavy (non-hydrogen) atoms. The monoisotopic (exact) mass is 135 g/mol. The fourth-order valence-corrected chi connectivity index (χ4v) is 1.18. The molecule has 1 aliphatic heterocycles. The van der Waals surface area contributed by atoms with Crippen LogP contribution in [0.15, 0.2) is 24.3 Å². The van der Waals surface area contributed by atoms with Crippen LogP contribution in [0.3, 0.4) is 0 Å². The lowest BCUT2D eigenvalue weighted by molar-refractivity contribution is 0.0938. The van der Waals surface area contributed by atoms with Gasteiger partial charge in [-0.3, -0.25) is 0 Å². The van der Waals surface area contributed by atoms with Gasteiger partial charge in [-0.05, 0) is 12.2 Å². The van der Waals surface area contributed by atoms with Crippen LogP contribution in [0.2, 0.25) is 0 Å². The van der Waals surface area contributed by atoms with Gasteiger partial charge in [0, 0.05) is 4.99 Å². The van der Waals surface area contributed by atoms with Gasteiger partial charge in [-0.15, -0.1) is 0 Å². The Morgan fingerprint density at radius 1 is 1.30 bits per heavy atom. The number of hydrogen-bond donors (Lipinski definition) is 0. The molecule has 0 aromatic carbocycles. The first-order valence-electron chi connectivity index (χ1n) is 3.45. The lowest BCUT2D eigenvalue weighted by Gasteiger charge is -2.15. The Bertz CT molecular complexity index is 205. The summed E-state index contributed by atoms with van der Waals surface area (Å²) >= 11 is 0. The van der Waals surface area contributed by atoms with Crippen molar-refractivity contribution in [2.75, 3.05) is 6.61 Å². The summed E-state index contributed by atoms with van der Waals surface area (Å²) in [5.74, 6) is 0. The minimum Gasteiger partial charge on any atom is -0.356 e. The molecule has 0 bridgehead atoms. The number of nitrogens with zero attached hydrogens (tertiary/aromatic N) is 1. The molecular weight excluding hydrogens is 126 g/mol. The molecule has 0 spiro atoms. The molecule has 0 saturated carbocycles. The van der Waals surface area contributed by atoms with Gasteiger partial charge in [0.15, 0.2) is 0 Å². The van der Waals surface area contributed by atoms with Crippen molar-refractivity contribution in [1.82, 2.24) is 4.99 Å². The minimum absolute atomic E-state index is 0.190. The van der Waals surface area contributed by atoms with Crippen LogP contribution < -0.4 is 4.99 Å². The van der Waals surface area contributed by atoms with Gasteiger partial charge in [0.1, 0.15) is 12.7 Å². The average molecular weight is 135 g/mol. The van der Waals surface area contributed by atoms with E-state index in [-0.39, 0.29) is 12.1 Å². The molecule has 1 heterocycles. The maximum absolute atomic E-state index is 5.39. The van der Waals surface area contributed by atoms with E-state index in [1.807, 2.05) is 24.4 Å². The molecule has 0 saturated heterocycles. The highest BCUT2D eigenvalue weighted by Gasteiger charge is 2.29. The third-order valence-corrected chi connectivity index (χ3v) is 1.70. The number of allylic oxidation sites excluding steroid dienone is 2. The van der Waals surface area contributed by atoms with Crippen LogP contribution in [0, 0.1) is 0 Å². The standard InChI is InChI=1S/C8H9NO/c1-2-4-8-7(3-1)9-5-6-10-8/h1-5,7-8H,6H2/q+1. The third-order valence-electron chi connectivity index (χ3n) is 1.70. The molecule has 0 N–H and O–H groups in total. The normalized spacial score (nSPS) is 36.0. The topological polar surface area (TPSA) is 23.3 Å². The zero-order chi connectivity index (χ0) is 6.81. The molecule has 51 valence electrons. The lowest BCUT2D eigenvalue weighted by atomic mass is 10.1. The molecule has 2 heteroatoms. The van der Waals surface area contributed by atoms with Crippen LogP contribution in [0.4, 0.5) is 0 Å². The maximum atomic E-state index is 5.39. The summed E-state index contributed by atoms with van der Waals surface area (Å²) in [6, 6.07) is 0.235. The molecule has 0 aromatic rings. The summed E-state index contributed by atoms with van der Waals surface area (Å²) in [6.07, 6.45) is 10.1. The van der Waals surface area contributed by atoms with E-state index in [0.29, 0.717) is 6.61 Å². The molecule has 1 radical (unpaired) electrons. The van der Waals surface area contributed by atoms with Gasteiger partial charge in [-0.2, -0.15) is 0 Å². The predicted octanol–water partition coefficient (Wildman–Crippen LogP) is 0.286. The predicted molar refractivity (Wildman–Crippen MR) is 40.0 cm³/mol. The van der Waals surface area contributed by atoms with Gasteiger partial charge in [0.05, 0.1) is 0 Å². The molecular formula is C8H9NO+. The molecule has 0 fully saturated rings. The van der Waals surface area contributed by atoms with Crippen LogP contribution >= 0.6 is 0 Å². The van der Waals surface area contributed by atoms with E-state index >= 15 is 0 Å². The van der Waals surface area contributed by atoms with Gasteiger partial charge in [-0.1, -0.05) is 12.2 Å². The average Bonchev–Trinajstić information content (AvgIpc) is 2.05. The van der Waals surface area contributed by atoms with Crippen molar-refractivity contribution < 1.29 is 4.74 Å². The Balaban J connectivity index is 2.21. The summed E-state index contributed by atoms with van der Waals surface area (Å²) in [5.41, 5.74) is 0. The maximum Gasteiger partial charge on any atom is 0.267 e. The minimum atomic E-state index is 0.190. The van der Waals surface area contributed by atoms with Crippen LogP contribution in [0.1, 0.15) is 0 Å². The highest BCUT2D eigenvalue weighted by Crippen LogP contribution is 2.09. The number of fused-ring (bicyclic) bond motifs is 1. The molecule has 2 aliphatic rings. The summed E-state index contributed by atoms with van der Waals surface area (Å²) < 4.78 is 5.39. The van der Waals surface area contributed by atoms with Crippen LogP contribution in [-0.4, -0.2) is 25.0 Å². The lowest BCUT2D eigenvalue weighted by Crippen LogP contribution is -2.36. The number of aliphatic imine (C=N–C) groups is 1. The van der Waals surface area contributed by atoms with Crippen molar-refractivity contribution in [3.8, 4) is 0 Å². The van der Waals surface area contributed by atoms with E-state index < -0.39 is 0 Å². The van der Waals surface area contributed by atoms with Crippen molar-refractivity contribution >= 4 is 6.21 Å². The molecule has 2 rings (SSSR count). The van der Waals surface area contributed by atoms with Crippen LogP contribution in [0.5, 0.6) is 0 Å². The van der Waals surface area contributed by atoms with Crippen molar-refractivity contribution in [3.63, 3.8) is 0 Å². The fourth-order valence-electron chi connectivity index (χ4n) is 1.18. The number of ether oxygens (including phenoxy) is 1. The second kappa shape index (κ2) is 2.39. The Hall–Kier alpha value is -0.890. The Morgan fingerprint density at radius 2 is 2.20 bits per heavy atom. The molecule has 0 aromatic heterocycles. The van der Waals surface area contributed by atoms with E-state index in [2.05, 4.69) is 11.1 Å². The van der Waals surface area contributed by atoms with Gasteiger partial charge >= 0.3 is 0 Å². The van der Waals surface area contributed by atoms with Crippen molar-refractivity contribution in [2.45, 2.75) is 12.1 Å². The van der Waals surface area contributed by atoms with Crippen molar-refractivity contribution in [3.05, 3.63) is 24.3 Å². The second-order valence-electron chi connectivity index (χ2n) is 2.39. The summed E-state index contributed by atoms with van der Waals surface area (Å²) in [7, 11) is 0. The first-order valence-corrected chi connectivity index (χ1v) is 3.45. The first-order chi connectivity index (χ1) is 4.97. The van der Waals surface area contributed by atoms with E-state index in [4.69, 9.17) is 4.74 Å². The first kappa shape index (κ1) is 5.86. The van der Waals surface area contributed by atoms with Crippen LogP contribution in [-0.2, 0) is 4.74 Å². The van der Waals surface area contributed by atoms with Gasteiger partial charge in [0.2, 0.25) is 6.21 Å². The second-order valence-corrected chi connectivity index (χ2v) is 2.39. The zero-order valence-corrected chi connectivity index (χ0v) is 5.60. The van der Waals surface area contributed by atoms with Crippen LogP contribution in [0.25, 0.3) is 0 Å². The Labute approximate surface area is 59.9 Å². The van der Waals surface area contributed by atoms with E-state index in [9.17, 15) is 0 Å². The molecule has 2 nitrogen and oxygen atoms in total. The zero-order valence-electron chi connectivity index (χ0n) is 5.60. The molecule has 2 atom stereocenters. The molecule has 1 aliphatic carbocycles. The molecule has 0 amide bonds. The fraction of sp³-hybridized carbons (Fsp3) is 0.375. The quantitative estimate of drug-likeness (QED) is 0.468. The number of hydrogen-bond acceptors (Lipinski definition) is 2. The van der Waals surface area contributed by atoms with E-state index in [1.54, 1.807) is 0 Å². The molecule has 2 unspecified atom stereocenters. The van der Waals surface area contributed by atoms with Crippen molar-refractivity contribution in [1.29, 1.82) is 0 Å². The smallest absolute Gasteiger partial charge is 0.267 e. The van der Waals surface area contributed by atoms with Gasteiger partial charge < -0.3 is 4.74 Å². The Kier molecular flexibility index (Phi) is 1.40. The summed E-state index contributed by atoms with van der Waals surface area (Å²) in [5, 5.41) is 0. The van der Waals surface area contributed by atoms with E-state index in [1.165, 1.54) is 0 Å². The Morgan fingerprint density at radius 3 is 3.10 bits per heavy atom.